The number of hydrogen-bond acceptors (Lipinski definition) is 0. The van der Waals surface area contributed by atoms with Crippen molar-refractivity contribution < 1.29 is 25.2 Å². The number of halogens is 6. The molecule has 0 fully saturated rings. The van der Waals surface area contributed by atoms with Crippen LogP contribution in [0.1, 0.15) is 5.56 Å². The van der Waals surface area contributed by atoms with Gasteiger partial charge in [0.05, 0.1) is 6.26 Å². The summed E-state index contributed by atoms with van der Waals surface area (Å²) >= 11 is 1.43. The van der Waals surface area contributed by atoms with Crippen molar-refractivity contribution in [2.45, 2.75) is 5.75 Å². The van der Waals surface area contributed by atoms with Gasteiger partial charge in [-0.2, -0.15) is 0 Å². The van der Waals surface area contributed by atoms with Crippen molar-refractivity contribution in [3.05, 3.63) is 48.0 Å². The van der Waals surface area contributed by atoms with E-state index in [1.165, 1.54) is 28.1 Å². The molecule has 0 unspecified atom stereocenters. The quantitative estimate of drug-likeness (QED) is 0.267. The van der Waals surface area contributed by atoms with E-state index in [9.17, 15) is 25.2 Å². The zero-order chi connectivity index (χ0) is 15.5. The second kappa shape index (κ2) is 5.11. The summed E-state index contributed by atoms with van der Waals surface area (Å²) in [7, 11) is -10.7. The van der Waals surface area contributed by atoms with Crippen LogP contribution in [0.2, 0.25) is 0 Å². The molecule has 0 saturated heterocycles. The first kappa shape index (κ1) is 17.1. The third kappa shape index (κ3) is 8.27. The van der Waals surface area contributed by atoms with Gasteiger partial charge in [0.1, 0.15) is 5.75 Å². The van der Waals surface area contributed by atoms with Gasteiger partial charge in [-0.25, -0.2) is 0 Å². The van der Waals surface area contributed by atoms with Crippen molar-refractivity contribution in [3.63, 3.8) is 0 Å². The van der Waals surface area contributed by atoms with Gasteiger partial charge in [-0.05, 0) is 22.5 Å². The Hall–Kier alpha value is -0.940. The van der Waals surface area contributed by atoms with E-state index >= 15 is 0 Å². The van der Waals surface area contributed by atoms with Crippen LogP contribution in [0, 0.1) is 0 Å². The molecule has 114 valence electrons. The average molecular weight is 334 g/mol. The van der Waals surface area contributed by atoms with Crippen LogP contribution in [-0.2, 0) is 17.5 Å². The number of thiol groups is 1. The molecule has 0 atom stereocenters. The summed E-state index contributed by atoms with van der Waals surface area (Å²) in [5.41, 5.74) is 1.46. The molecule has 0 heterocycles. The monoisotopic (exact) mass is 334 g/mol. The zero-order valence-corrected chi connectivity index (χ0v) is 12.2. The Bertz CT molecular complexity index is 576. The standard InChI is InChI=1S/C12H12S.F6P/c1-13-9-11-7-4-6-10-5-2-3-8-12(10)11;1-7(2,3,4,5)6/h2-8H,9H2,1H3;/q;-1/p+1. The number of hydrogen-bond donors (Lipinski definition) is 0. The van der Waals surface area contributed by atoms with Crippen LogP contribution >= 0.6 is 7.81 Å². The van der Waals surface area contributed by atoms with Crippen molar-refractivity contribution in [2.75, 3.05) is 6.26 Å². The molecule has 2 rings (SSSR count). The molecule has 0 bridgehead atoms. The molecule has 0 aromatic heterocycles. The molecule has 0 amide bonds. The molecular formula is C12H13F6PS. The first-order valence-corrected chi connectivity index (χ1v) is 9.01. The molecule has 0 aliphatic carbocycles. The summed E-state index contributed by atoms with van der Waals surface area (Å²) in [6, 6.07) is 15.1. The number of fused-ring (bicyclic) bond motifs is 1. The van der Waals surface area contributed by atoms with Gasteiger partial charge in [-0.3, -0.25) is 0 Å². The Morgan fingerprint density at radius 3 is 1.90 bits per heavy atom. The fraction of sp³-hybridized carbons (Fsp3) is 0.167. The molecule has 0 nitrogen and oxygen atoms in total. The van der Waals surface area contributed by atoms with Crippen LogP contribution in [0.5, 0.6) is 0 Å². The molecule has 2 aromatic rings. The first-order valence-electron chi connectivity index (χ1n) is 5.45. The van der Waals surface area contributed by atoms with Crippen molar-refractivity contribution in [2.24, 2.45) is 0 Å². The van der Waals surface area contributed by atoms with Crippen LogP contribution in [0.4, 0.5) is 25.2 Å². The summed E-state index contributed by atoms with van der Waals surface area (Å²) < 4.78 is 59.2. The van der Waals surface area contributed by atoms with Crippen LogP contribution in [-0.4, -0.2) is 6.26 Å². The van der Waals surface area contributed by atoms with E-state index in [-0.39, 0.29) is 0 Å². The van der Waals surface area contributed by atoms with Gasteiger partial charge in [0.15, 0.2) is 0 Å². The SMILES string of the molecule is C[SH+]Cc1cccc2ccccc12.F[P-](F)(F)(F)(F)F. The van der Waals surface area contributed by atoms with Gasteiger partial charge in [0.25, 0.3) is 0 Å². The third-order valence-electron chi connectivity index (χ3n) is 2.21. The molecule has 8 heteroatoms. The third-order valence-corrected chi connectivity index (χ3v) is 2.87. The van der Waals surface area contributed by atoms with Crippen LogP contribution in [0.15, 0.2) is 42.5 Å². The molecule has 0 radical (unpaired) electrons. The summed E-state index contributed by atoms with van der Waals surface area (Å²) in [5, 5.41) is 2.75. The van der Waals surface area contributed by atoms with Crippen LogP contribution in [0.3, 0.4) is 0 Å². The predicted molar refractivity (Wildman–Crippen MR) is 75.9 cm³/mol. The van der Waals surface area contributed by atoms with E-state index in [0.29, 0.717) is 0 Å². The summed E-state index contributed by atoms with van der Waals surface area (Å²) in [6.07, 6.45) is 2.20. The minimum atomic E-state index is -10.7. The van der Waals surface area contributed by atoms with E-state index in [0.717, 1.165) is 5.75 Å². The van der Waals surface area contributed by atoms with Gasteiger partial charge in [0, 0.05) is 5.56 Å². The molecule has 0 spiro atoms. The van der Waals surface area contributed by atoms with Crippen molar-refractivity contribution in [3.8, 4) is 0 Å². The molecule has 0 N–H and O–H groups in total. The van der Waals surface area contributed by atoms with Gasteiger partial charge in [0.2, 0.25) is 0 Å². The van der Waals surface area contributed by atoms with Crippen molar-refractivity contribution in [1.29, 1.82) is 0 Å². The fourth-order valence-corrected chi connectivity index (χ4v) is 2.22. The molecule has 0 aliphatic heterocycles. The van der Waals surface area contributed by atoms with Gasteiger partial charge >= 0.3 is 33.0 Å². The van der Waals surface area contributed by atoms with Gasteiger partial charge in [-0.15, -0.1) is 0 Å². The summed E-state index contributed by atoms with van der Waals surface area (Å²) in [5.74, 6) is 1.15. The van der Waals surface area contributed by atoms with E-state index in [1.54, 1.807) is 0 Å². The van der Waals surface area contributed by atoms with E-state index in [2.05, 4.69) is 48.7 Å². The Kier molecular flexibility index (Phi) is 4.38. The van der Waals surface area contributed by atoms with E-state index in [4.69, 9.17) is 0 Å². The number of rotatable bonds is 2. The maximum atomic E-state index is 9.87. The molecular weight excluding hydrogens is 321 g/mol. The molecule has 2 aromatic carbocycles. The normalized spacial score (nSPS) is 14.9. The minimum absolute atomic E-state index is 1.15. The van der Waals surface area contributed by atoms with Crippen molar-refractivity contribution in [1.82, 2.24) is 0 Å². The predicted octanol–water partition coefficient (Wildman–Crippen LogP) is 6.17. The van der Waals surface area contributed by atoms with E-state index in [1.807, 2.05) is 0 Å². The maximum absolute atomic E-state index is 10.7. The van der Waals surface area contributed by atoms with E-state index < -0.39 is 7.81 Å². The summed E-state index contributed by atoms with van der Waals surface area (Å²) in [4.78, 5) is 0. The molecule has 20 heavy (non-hydrogen) atoms. The topological polar surface area (TPSA) is 0 Å². The zero-order valence-electron chi connectivity index (χ0n) is 10.4. The van der Waals surface area contributed by atoms with Crippen LogP contribution in [0.25, 0.3) is 10.8 Å². The Labute approximate surface area is 116 Å². The van der Waals surface area contributed by atoms with Crippen LogP contribution < -0.4 is 0 Å². The summed E-state index contributed by atoms with van der Waals surface area (Å²) in [6.45, 7) is 0. The first-order chi connectivity index (χ1) is 8.86. The number of benzene rings is 2. The van der Waals surface area contributed by atoms with Crippen molar-refractivity contribution >= 4 is 30.3 Å². The average Bonchev–Trinajstić information content (AvgIpc) is 2.26. The second-order valence-corrected chi connectivity index (χ2v) is 6.94. The fourth-order valence-electron chi connectivity index (χ4n) is 1.60. The Morgan fingerprint density at radius 1 is 0.850 bits per heavy atom. The molecule has 0 aliphatic rings. The van der Waals surface area contributed by atoms with Gasteiger partial charge < -0.3 is 0 Å². The Balaban J connectivity index is 0.000000246. The molecule has 0 saturated carbocycles. The second-order valence-electron chi connectivity index (χ2n) is 4.07. The Morgan fingerprint density at radius 2 is 1.35 bits per heavy atom. The van der Waals surface area contributed by atoms with Gasteiger partial charge in [-0.1, -0.05) is 42.5 Å².